The van der Waals surface area contributed by atoms with Gasteiger partial charge in [-0.05, 0) is 36.6 Å². The Morgan fingerprint density at radius 2 is 2.35 bits per heavy atom. The molecule has 0 radical (unpaired) electrons. The molecule has 1 atom stereocenters. The first-order valence-corrected chi connectivity index (χ1v) is 7.70. The van der Waals surface area contributed by atoms with Crippen LogP contribution >= 0.6 is 15.9 Å². The summed E-state index contributed by atoms with van der Waals surface area (Å²) in [6, 6.07) is 5.96. The van der Waals surface area contributed by atoms with E-state index in [1.54, 1.807) is 7.11 Å². The fraction of sp³-hybridized carbons (Fsp3) is 0.600. The van der Waals surface area contributed by atoms with Crippen LogP contribution in [0.15, 0.2) is 22.7 Å². The third-order valence-corrected chi connectivity index (χ3v) is 4.67. The van der Waals surface area contributed by atoms with E-state index in [4.69, 9.17) is 9.47 Å². The highest BCUT2D eigenvalue weighted by Gasteiger charge is 2.33. The third-order valence-electron chi connectivity index (χ3n) is 3.90. The molecule has 20 heavy (non-hydrogen) atoms. The lowest BCUT2D eigenvalue weighted by atomic mass is 9.84. The number of rotatable bonds is 7. The van der Waals surface area contributed by atoms with Gasteiger partial charge in [-0.3, -0.25) is 0 Å². The van der Waals surface area contributed by atoms with Crippen LogP contribution < -0.4 is 10.1 Å². The first kappa shape index (κ1) is 15.8. The average molecular weight is 344 g/mol. The van der Waals surface area contributed by atoms with Crippen LogP contribution in [0.4, 0.5) is 0 Å². The summed E-state index contributed by atoms with van der Waals surface area (Å²) in [5, 5.41) is 12.7. The van der Waals surface area contributed by atoms with Gasteiger partial charge in [0.15, 0.2) is 0 Å². The summed E-state index contributed by atoms with van der Waals surface area (Å²) < 4.78 is 11.8. The first-order chi connectivity index (χ1) is 9.69. The van der Waals surface area contributed by atoms with Gasteiger partial charge in [0.25, 0.3) is 0 Å². The van der Waals surface area contributed by atoms with E-state index in [0.717, 1.165) is 49.4 Å². The molecule has 112 valence electrons. The summed E-state index contributed by atoms with van der Waals surface area (Å²) in [5.74, 6) is 0.860. The summed E-state index contributed by atoms with van der Waals surface area (Å²) in [5.41, 5.74) is 1.25. The molecule has 0 saturated carbocycles. The van der Waals surface area contributed by atoms with Crippen molar-refractivity contribution in [1.29, 1.82) is 0 Å². The van der Waals surface area contributed by atoms with Crippen LogP contribution in [0.25, 0.3) is 0 Å². The summed E-state index contributed by atoms with van der Waals surface area (Å²) in [6.07, 6.45) is 1.80. The van der Waals surface area contributed by atoms with Gasteiger partial charge in [-0.2, -0.15) is 0 Å². The molecule has 5 heteroatoms. The molecule has 0 spiro atoms. The van der Waals surface area contributed by atoms with Gasteiger partial charge in [-0.1, -0.05) is 15.9 Å². The lowest BCUT2D eigenvalue weighted by molar-refractivity contribution is 0.124. The quantitative estimate of drug-likeness (QED) is 0.797. The molecule has 0 aromatic heterocycles. The molecule has 1 saturated heterocycles. The minimum absolute atomic E-state index is 0.0834. The van der Waals surface area contributed by atoms with E-state index in [0.29, 0.717) is 0 Å². The molecule has 2 rings (SSSR count). The number of methoxy groups -OCH3 is 1. The fourth-order valence-electron chi connectivity index (χ4n) is 2.59. The standard InChI is InChI=1S/C15H22BrNO3/c1-19-13-2-3-14(16)12(8-13)9-17-10-15(4-6-18)5-7-20-11-15/h2-3,8,17-18H,4-7,9-11H2,1H3. The zero-order chi connectivity index (χ0) is 14.4. The number of hydrogen-bond donors (Lipinski definition) is 2. The van der Waals surface area contributed by atoms with E-state index < -0.39 is 0 Å². The summed E-state index contributed by atoms with van der Waals surface area (Å²) in [4.78, 5) is 0. The van der Waals surface area contributed by atoms with Crippen LogP contribution in [0.1, 0.15) is 18.4 Å². The van der Waals surface area contributed by atoms with Crippen LogP contribution in [0, 0.1) is 5.41 Å². The van der Waals surface area contributed by atoms with Crippen molar-refractivity contribution in [3.63, 3.8) is 0 Å². The smallest absolute Gasteiger partial charge is 0.119 e. The van der Waals surface area contributed by atoms with Crippen molar-refractivity contribution >= 4 is 15.9 Å². The van der Waals surface area contributed by atoms with Crippen LogP contribution in [-0.4, -0.2) is 38.6 Å². The Hall–Kier alpha value is -0.620. The van der Waals surface area contributed by atoms with Crippen molar-refractivity contribution in [1.82, 2.24) is 5.32 Å². The molecule has 1 heterocycles. The molecule has 1 aliphatic heterocycles. The molecule has 0 aliphatic carbocycles. The molecule has 1 aromatic carbocycles. The highest BCUT2D eigenvalue weighted by atomic mass is 79.9. The fourth-order valence-corrected chi connectivity index (χ4v) is 2.97. The molecule has 2 N–H and O–H groups in total. The van der Waals surface area contributed by atoms with Gasteiger partial charge >= 0.3 is 0 Å². The van der Waals surface area contributed by atoms with E-state index in [2.05, 4.69) is 21.2 Å². The molecule has 1 unspecified atom stereocenters. The van der Waals surface area contributed by atoms with Gasteiger partial charge < -0.3 is 19.9 Å². The van der Waals surface area contributed by atoms with Gasteiger partial charge in [-0.15, -0.1) is 0 Å². The Kier molecular flexibility index (Phi) is 5.84. The van der Waals surface area contributed by atoms with Crippen LogP contribution in [0.2, 0.25) is 0 Å². The number of hydrogen-bond acceptors (Lipinski definition) is 4. The number of nitrogens with one attached hydrogen (secondary N) is 1. The average Bonchev–Trinajstić information content (AvgIpc) is 2.90. The van der Waals surface area contributed by atoms with Gasteiger partial charge in [0.1, 0.15) is 5.75 Å². The molecule has 1 aliphatic rings. The maximum atomic E-state index is 9.21. The van der Waals surface area contributed by atoms with Gasteiger partial charge in [0.05, 0.1) is 13.7 Å². The number of ether oxygens (including phenoxy) is 2. The number of benzene rings is 1. The van der Waals surface area contributed by atoms with E-state index in [1.165, 1.54) is 5.56 Å². The molecular formula is C15H22BrNO3. The molecule has 4 nitrogen and oxygen atoms in total. The van der Waals surface area contributed by atoms with E-state index in [-0.39, 0.29) is 12.0 Å². The molecular weight excluding hydrogens is 322 g/mol. The van der Waals surface area contributed by atoms with Crippen LogP contribution in [0.3, 0.4) is 0 Å². The lowest BCUT2D eigenvalue weighted by Gasteiger charge is -2.27. The summed E-state index contributed by atoms with van der Waals surface area (Å²) in [7, 11) is 1.67. The van der Waals surface area contributed by atoms with E-state index in [1.807, 2.05) is 18.2 Å². The highest BCUT2D eigenvalue weighted by molar-refractivity contribution is 9.10. The minimum atomic E-state index is 0.0834. The van der Waals surface area contributed by atoms with Gasteiger partial charge in [-0.25, -0.2) is 0 Å². The predicted octanol–water partition coefficient (Wildman–Crippen LogP) is 2.34. The monoisotopic (exact) mass is 343 g/mol. The van der Waals surface area contributed by atoms with E-state index >= 15 is 0 Å². The topological polar surface area (TPSA) is 50.7 Å². The third kappa shape index (κ3) is 3.95. The van der Waals surface area contributed by atoms with Crippen molar-refractivity contribution in [3.05, 3.63) is 28.2 Å². The lowest BCUT2D eigenvalue weighted by Crippen LogP contribution is -2.35. The number of halogens is 1. The van der Waals surface area contributed by atoms with Crippen molar-refractivity contribution < 1.29 is 14.6 Å². The second-order valence-corrected chi connectivity index (χ2v) is 6.19. The normalized spacial score (nSPS) is 22.1. The zero-order valence-corrected chi connectivity index (χ0v) is 13.4. The first-order valence-electron chi connectivity index (χ1n) is 6.91. The van der Waals surface area contributed by atoms with Gasteiger partial charge in [0, 0.05) is 36.2 Å². The SMILES string of the molecule is COc1ccc(Br)c(CNCC2(CCO)CCOC2)c1. The van der Waals surface area contributed by atoms with Crippen LogP contribution in [-0.2, 0) is 11.3 Å². The Labute approximate surface area is 128 Å². The maximum absolute atomic E-state index is 9.21. The molecule has 0 bridgehead atoms. The number of aliphatic hydroxyl groups is 1. The second kappa shape index (κ2) is 7.41. The summed E-state index contributed by atoms with van der Waals surface area (Å²) in [6.45, 7) is 3.38. The van der Waals surface area contributed by atoms with Crippen molar-refractivity contribution in [3.8, 4) is 5.75 Å². The summed E-state index contributed by atoms with van der Waals surface area (Å²) >= 11 is 3.56. The highest BCUT2D eigenvalue weighted by Crippen LogP contribution is 2.31. The van der Waals surface area contributed by atoms with Crippen molar-refractivity contribution in [2.45, 2.75) is 19.4 Å². The second-order valence-electron chi connectivity index (χ2n) is 5.34. The van der Waals surface area contributed by atoms with Crippen molar-refractivity contribution in [2.24, 2.45) is 5.41 Å². The van der Waals surface area contributed by atoms with E-state index in [9.17, 15) is 5.11 Å². The zero-order valence-electron chi connectivity index (χ0n) is 11.8. The molecule has 1 aromatic rings. The number of aliphatic hydroxyl groups excluding tert-OH is 1. The Bertz CT molecular complexity index is 433. The Morgan fingerprint density at radius 3 is 3.00 bits per heavy atom. The molecule has 0 amide bonds. The van der Waals surface area contributed by atoms with Gasteiger partial charge in [0.2, 0.25) is 0 Å². The Balaban J connectivity index is 1.91. The van der Waals surface area contributed by atoms with Crippen molar-refractivity contribution in [2.75, 3.05) is 33.5 Å². The minimum Gasteiger partial charge on any atom is -0.497 e. The predicted molar refractivity (Wildman–Crippen MR) is 82.0 cm³/mol. The van der Waals surface area contributed by atoms with Crippen LogP contribution in [0.5, 0.6) is 5.75 Å². The molecule has 1 fully saturated rings. The Morgan fingerprint density at radius 1 is 1.50 bits per heavy atom. The largest absolute Gasteiger partial charge is 0.497 e. The maximum Gasteiger partial charge on any atom is 0.119 e.